The number of benzene rings is 1. The van der Waals surface area contributed by atoms with Crippen LogP contribution in [0.4, 0.5) is 0 Å². The average Bonchev–Trinajstić information content (AvgIpc) is 2.80. The summed E-state index contributed by atoms with van der Waals surface area (Å²) < 4.78 is 3.11. The van der Waals surface area contributed by atoms with E-state index in [1.54, 1.807) is 0 Å². The fraction of sp³-hybridized carbons (Fsp3) is 0.400. The summed E-state index contributed by atoms with van der Waals surface area (Å²) in [4.78, 5) is 2.16. The van der Waals surface area contributed by atoms with Crippen molar-refractivity contribution in [1.82, 2.24) is 20.0 Å². The SMILES string of the molecule is CNC(c1ccccc1)c1c(Br)cnn1CCN(C)C. The summed E-state index contributed by atoms with van der Waals surface area (Å²) in [5.41, 5.74) is 2.41. The summed E-state index contributed by atoms with van der Waals surface area (Å²) in [6, 6.07) is 10.6. The highest BCUT2D eigenvalue weighted by atomic mass is 79.9. The molecule has 0 fully saturated rings. The molecule has 20 heavy (non-hydrogen) atoms. The topological polar surface area (TPSA) is 33.1 Å². The van der Waals surface area contributed by atoms with Gasteiger partial charge in [0.15, 0.2) is 0 Å². The monoisotopic (exact) mass is 336 g/mol. The van der Waals surface area contributed by atoms with Crippen LogP contribution in [0.1, 0.15) is 17.3 Å². The minimum Gasteiger partial charge on any atom is -0.308 e. The molecule has 1 N–H and O–H groups in total. The molecule has 1 aromatic carbocycles. The minimum absolute atomic E-state index is 0.134. The van der Waals surface area contributed by atoms with E-state index in [4.69, 9.17) is 0 Å². The molecule has 0 bridgehead atoms. The van der Waals surface area contributed by atoms with Crippen molar-refractivity contribution in [3.05, 3.63) is 52.3 Å². The first kappa shape index (κ1) is 15.2. The first-order valence-corrected chi connectivity index (χ1v) is 7.51. The van der Waals surface area contributed by atoms with Gasteiger partial charge in [0, 0.05) is 6.54 Å². The summed E-state index contributed by atoms with van der Waals surface area (Å²) in [7, 11) is 6.13. The van der Waals surface area contributed by atoms with E-state index in [1.807, 2.05) is 19.3 Å². The first-order chi connectivity index (χ1) is 9.63. The second-order valence-electron chi connectivity index (χ2n) is 5.04. The Morgan fingerprint density at radius 1 is 1.30 bits per heavy atom. The average molecular weight is 337 g/mol. The zero-order valence-electron chi connectivity index (χ0n) is 12.2. The molecule has 0 saturated heterocycles. The number of hydrogen-bond donors (Lipinski definition) is 1. The number of rotatable bonds is 6. The molecule has 0 spiro atoms. The molecule has 1 unspecified atom stereocenters. The molecule has 0 aliphatic carbocycles. The Morgan fingerprint density at radius 2 is 2.00 bits per heavy atom. The van der Waals surface area contributed by atoms with Crippen molar-refractivity contribution in [2.45, 2.75) is 12.6 Å². The maximum absolute atomic E-state index is 4.49. The van der Waals surface area contributed by atoms with E-state index < -0.39 is 0 Å². The maximum Gasteiger partial charge on any atom is 0.0757 e. The van der Waals surface area contributed by atoms with Gasteiger partial charge in [-0.2, -0.15) is 5.10 Å². The number of aromatic nitrogens is 2. The van der Waals surface area contributed by atoms with Crippen molar-refractivity contribution < 1.29 is 0 Å². The second-order valence-corrected chi connectivity index (χ2v) is 5.89. The molecule has 0 aliphatic heterocycles. The van der Waals surface area contributed by atoms with E-state index in [0.717, 1.165) is 17.6 Å². The van der Waals surface area contributed by atoms with Crippen molar-refractivity contribution >= 4 is 15.9 Å². The van der Waals surface area contributed by atoms with E-state index in [2.05, 4.69) is 74.3 Å². The zero-order valence-corrected chi connectivity index (χ0v) is 13.8. The van der Waals surface area contributed by atoms with Crippen LogP contribution in [0.2, 0.25) is 0 Å². The third-order valence-electron chi connectivity index (χ3n) is 3.29. The Balaban J connectivity index is 2.32. The molecule has 2 aromatic rings. The summed E-state index contributed by atoms with van der Waals surface area (Å²) in [5, 5.41) is 7.87. The van der Waals surface area contributed by atoms with Gasteiger partial charge < -0.3 is 10.2 Å². The van der Waals surface area contributed by atoms with E-state index in [-0.39, 0.29) is 6.04 Å². The fourth-order valence-corrected chi connectivity index (χ4v) is 2.76. The van der Waals surface area contributed by atoms with Gasteiger partial charge in [-0.25, -0.2) is 0 Å². The predicted octanol–water partition coefficient (Wildman–Crippen LogP) is 2.52. The lowest BCUT2D eigenvalue weighted by Gasteiger charge is -2.20. The number of nitrogens with one attached hydrogen (secondary N) is 1. The Labute approximate surface area is 128 Å². The molecule has 0 radical (unpaired) electrons. The van der Waals surface area contributed by atoms with Crippen LogP contribution in [0.25, 0.3) is 0 Å². The highest BCUT2D eigenvalue weighted by molar-refractivity contribution is 9.10. The Hall–Kier alpha value is -1.17. The normalized spacial score (nSPS) is 12.8. The van der Waals surface area contributed by atoms with Crippen molar-refractivity contribution in [3.8, 4) is 0 Å². The summed E-state index contributed by atoms with van der Waals surface area (Å²) in [6.07, 6.45) is 1.87. The van der Waals surface area contributed by atoms with Crippen LogP contribution >= 0.6 is 15.9 Å². The summed E-state index contributed by atoms with van der Waals surface area (Å²) in [6.45, 7) is 1.84. The first-order valence-electron chi connectivity index (χ1n) is 6.71. The predicted molar refractivity (Wildman–Crippen MR) is 85.8 cm³/mol. The Bertz CT molecular complexity index is 536. The molecule has 5 heteroatoms. The third-order valence-corrected chi connectivity index (χ3v) is 3.90. The summed E-state index contributed by atoms with van der Waals surface area (Å²) >= 11 is 3.63. The van der Waals surface area contributed by atoms with Crippen molar-refractivity contribution in [3.63, 3.8) is 0 Å². The fourth-order valence-electron chi connectivity index (χ4n) is 2.24. The Kier molecular flexibility index (Phi) is 5.34. The number of hydrogen-bond acceptors (Lipinski definition) is 3. The van der Waals surface area contributed by atoms with Gasteiger partial charge in [-0.3, -0.25) is 4.68 Å². The molecule has 0 saturated carbocycles. The van der Waals surface area contributed by atoms with Crippen LogP contribution in [0, 0.1) is 0 Å². The van der Waals surface area contributed by atoms with Crippen molar-refractivity contribution in [2.24, 2.45) is 0 Å². The largest absolute Gasteiger partial charge is 0.308 e. The molecule has 4 nitrogen and oxygen atoms in total. The summed E-state index contributed by atoms with van der Waals surface area (Å²) in [5.74, 6) is 0. The van der Waals surface area contributed by atoms with Crippen LogP contribution in [0.15, 0.2) is 41.0 Å². The maximum atomic E-state index is 4.49. The van der Waals surface area contributed by atoms with Gasteiger partial charge in [0.05, 0.1) is 29.0 Å². The van der Waals surface area contributed by atoms with Crippen LogP contribution in [0.3, 0.4) is 0 Å². The van der Waals surface area contributed by atoms with Gasteiger partial charge >= 0.3 is 0 Å². The van der Waals surface area contributed by atoms with Gasteiger partial charge in [-0.05, 0) is 42.6 Å². The van der Waals surface area contributed by atoms with Gasteiger partial charge in [0.1, 0.15) is 0 Å². The molecular formula is C15H21BrN4. The van der Waals surface area contributed by atoms with Crippen LogP contribution in [-0.2, 0) is 6.54 Å². The van der Waals surface area contributed by atoms with Crippen molar-refractivity contribution in [1.29, 1.82) is 0 Å². The molecular weight excluding hydrogens is 316 g/mol. The minimum atomic E-state index is 0.134. The molecule has 0 aliphatic rings. The molecule has 108 valence electrons. The lowest BCUT2D eigenvalue weighted by atomic mass is 10.0. The highest BCUT2D eigenvalue weighted by Crippen LogP contribution is 2.28. The molecule has 1 atom stereocenters. The number of halogens is 1. The van der Waals surface area contributed by atoms with Crippen molar-refractivity contribution in [2.75, 3.05) is 27.7 Å². The van der Waals surface area contributed by atoms with Gasteiger partial charge in [-0.15, -0.1) is 0 Å². The van der Waals surface area contributed by atoms with E-state index in [9.17, 15) is 0 Å². The molecule has 1 aromatic heterocycles. The van der Waals surface area contributed by atoms with Gasteiger partial charge in [-0.1, -0.05) is 30.3 Å². The quantitative estimate of drug-likeness (QED) is 0.879. The van der Waals surface area contributed by atoms with E-state index in [0.29, 0.717) is 0 Å². The van der Waals surface area contributed by atoms with Crippen LogP contribution < -0.4 is 5.32 Å². The molecule has 0 amide bonds. The number of likely N-dealkylation sites (N-methyl/N-ethyl adjacent to an activating group) is 1. The van der Waals surface area contributed by atoms with Crippen LogP contribution in [0.5, 0.6) is 0 Å². The second kappa shape index (κ2) is 7.02. The zero-order chi connectivity index (χ0) is 14.5. The molecule has 2 rings (SSSR count). The lowest BCUT2D eigenvalue weighted by Crippen LogP contribution is -2.25. The highest BCUT2D eigenvalue weighted by Gasteiger charge is 2.20. The molecule has 1 heterocycles. The number of nitrogens with zero attached hydrogens (tertiary/aromatic N) is 3. The van der Waals surface area contributed by atoms with Gasteiger partial charge in [0.2, 0.25) is 0 Å². The van der Waals surface area contributed by atoms with Gasteiger partial charge in [0.25, 0.3) is 0 Å². The smallest absolute Gasteiger partial charge is 0.0757 e. The van der Waals surface area contributed by atoms with Crippen LogP contribution in [-0.4, -0.2) is 42.4 Å². The lowest BCUT2D eigenvalue weighted by molar-refractivity contribution is 0.366. The van der Waals surface area contributed by atoms with E-state index in [1.165, 1.54) is 11.3 Å². The Morgan fingerprint density at radius 3 is 2.60 bits per heavy atom. The third kappa shape index (κ3) is 3.48. The van der Waals surface area contributed by atoms with E-state index >= 15 is 0 Å². The standard InChI is InChI=1S/C15H21BrN4/c1-17-14(12-7-5-4-6-8-12)15-13(16)11-18-20(15)10-9-19(2)3/h4-8,11,14,17H,9-10H2,1-3H3.